The summed E-state index contributed by atoms with van der Waals surface area (Å²) in [4.78, 5) is 1.37. The molecule has 14 heavy (non-hydrogen) atoms. The fourth-order valence-corrected chi connectivity index (χ4v) is 2.65. The van der Waals surface area contributed by atoms with E-state index in [4.69, 9.17) is 5.73 Å². The van der Waals surface area contributed by atoms with Gasteiger partial charge in [0, 0.05) is 10.9 Å². The lowest BCUT2D eigenvalue weighted by Crippen LogP contribution is -2.25. The molecule has 1 atom stereocenters. The van der Waals surface area contributed by atoms with Gasteiger partial charge < -0.3 is 5.73 Å². The van der Waals surface area contributed by atoms with Crippen molar-refractivity contribution in [2.45, 2.75) is 46.1 Å². The van der Waals surface area contributed by atoms with Gasteiger partial charge in [-0.25, -0.2) is 0 Å². The van der Waals surface area contributed by atoms with Crippen molar-refractivity contribution in [3.05, 3.63) is 21.9 Å². The maximum atomic E-state index is 6.12. The second-order valence-electron chi connectivity index (χ2n) is 3.74. The Morgan fingerprint density at radius 3 is 2.43 bits per heavy atom. The summed E-state index contributed by atoms with van der Waals surface area (Å²) < 4.78 is 0. The molecule has 0 amide bonds. The van der Waals surface area contributed by atoms with Crippen molar-refractivity contribution in [2.75, 3.05) is 0 Å². The van der Waals surface area contributed by atoms with Crippen LogP contribution in [0.1, 0.15) is 49.6 Å². The molecular weight excluding hydrogens is 190 g/mol. The van der Waals surface area contributed by atoms with E-state index in [0.717, 1.165) is 5.92 Å². The van der Waals surface area contributed by atoms with E-state index < -0.39 is 0 Å². The molecule has 80 valence electrons. The first-order valence-electron chi connectivity index (χ1n) is 5.58. The van der Waals surface area contributed by atoms with Crippen LogP contribution in [0.4, 0.5) is 0 Å². The van der Waals surface area contributed by atoms with Gasteiger partial charge in [0.25, 0.3) is 0 Å². The number of hydrogen-bond donors (Lipinski definition) is 1. The summed E-state index contributed by atoms with van der Waals surface area (Å²) in [5.74, 6) is 0.767. The van der Waals surface area contributed by atoms with E-state index in [9.17, 15) is 0 Å². The Bertz CT molecular complexity index is 263. The molecule has 0 radical (unpaired) electrons. The van der Waals surface area contributed by atoms with Crippen molar-refractivity contribution in [3.63, 3.8) is 0 Å². The standard InChI is InChI=1S/C10H15NS.C2H6/c1-7-5-9(12-6-7)10(11)8-3-2-4-8;1-2/h5-6,8,10H,2-4,11H2,1H3;1-2H3. The molecule has 1 saturated carbocycles. The molecule has 2 rings (SSSR count). The normalized spacial score (nSPS) is 18.0. The van der Waals surface area contributed by atoms with Gasteiger partial charge in [-0.15, -0.1) is 11.3 Å². The monoisotopic (exact) mass is 211 g/mol. The predicted molar refractivity (Wildman–Crippen MR) is 64.7 cm³/mol. The molecule has 0 spiro atoms. The fraction of sp³-hybridized carbons (Fsp3) is 0.667. The zero-order valence-electron chi connectivity index (χ0n) is 9.42. The lowest BCUT2D eigenvalue weighted by molar-refractivity contribution is 0.267. The molecule has 0 bridgehead atoms. The van der Waals surface area contributed by atoms with E-state index in [-0.39, 0.29) is 0 Å². The zero-order chi connectivity index (χ0) is 10.6. The van der Waals surface area contributed by atoms with Crippen LogP contribution < -0.4 is 5.73 Å². The summed E-state index contributed by atoms with van der Waals surface area (Å²) in [6.45, 7) is 6.13. The molecule has 1 heterocycles. The van der Waals surface area contributed by atoms with Crippen LogP contribution in [0.15, 0.2) is 11.4 Å². The van der Waals surface area contributed by atoms with Gasteiger partial charge in [-0.2, -0.15) is 0 Å². The van der Waals surface area contributed by atoms with Gasteiger partial charge in [0.1, 0.15) is 0 Å². The van der Waals surface area contributed by atoms with Crippen molar-refractivity contribution >= 4 is 11.3 Å². The van der Waals surface area contributed by atoms with Crippen LogP contribution in [0.3, 0.4) is 0 Å². The maximum absolute atomic E-state index is 6.12. The molecule has 1 aliphatic carbocycles. The Hall–Kier alpha value is -0.340. The lowest BCUT2D eigenvalue weighted by atomic mass is 9.79. The highest BCUT2D eigenvalue weighted by atomic mass is 32.1. The van der Waals surface area contributed by atoms with Crippen molar-refractivity contribution in [3.8, 4) is 0 Å². The minimum atomic E-state index is 0.317. The molecule has 2 N–H and O–H groups in total. The SMILES string of the molecule is CC.Cc1csc(C(N)C2CCC2)c1. The summed E-state index contributed by atoms with van der Waals surface area (Å²) in [5.41, 5.74) is 7.48. The van der Waals surface area contributed by atoms with E-state index in [1.54, 1.807) is 0 Å². The predicted octanol–water partition coefficient (Wildman–Crippen LogP) is 3.88. The van der Waals surface area contributed by atoms with Crippen LogP contribution in [-0.4, -0.2) is 0 Å². The van der Waals surface area contributed by atoms with E-state index in [1.807, 2.05) is 25.2 Å². The molecule has 1 aliphatic rings. The molecule has 1 fully saturated rings. The molecular formula is C12H21NS. The van der Waals surface area contributed by atoms with Crippen molar-refractivity contribution in [2.24, 2.45) is 11.7 Å². The maximum Gasteiger partial charge on any atom is 0.0418 e. The topological polar surface area (TPSA) is 26.0 Å². The first kappa shape index (κ1) is 11.7. The van der Waals surface area contributed by atoms with Crippen molar-refractivity contribution < 1.29 is 0 Å². The van der Waals surface area contributed by atoms with Gasteiger partial charge in [0.2, 0.25) is 0 Å². The van der Waals surface area contributed by atoms with Crippen LogP contribution in [0.5, 0.6) is 0 Å². The van der Waals surface area contributed by atoms with Gasteiger partial charge >= 0.3 is 0 Å². The Balaban J connectivity index is 0.000000461. The van der Waals surface area contributed by atoms with E-state index >= 15 is 0 Å². The highest BCUT2D eigenvalue weighted by molar-refractivity contribution is 7.10. The minimum absolute atomic E-state index is 0.317. The van der Waals surface area contributed by atoms with Crippen LogP contribution >= 0.6 is 11.3 Å². The molecule has 0 aliphatic heterocycles. The number of thiophene rings is 1. The highest BCUT2D eigenvalue weighted by Gasteiger charge is 2.26. The van der Waals surface area contributed by atoms with Crippen LogP contribution in [0, 0.1) is 12.8 Å². The molecule has 2 heteroatoms. The van der Waals surface area contributed by atoms with Crippen molar-refractivity contribution in [1.82, 2.24) is 0 Å². The average molecular weight is 211 g/mol. The Morgan fingerprint density at radius 2 is 2.07 bits per heavy atom. The van der Waals surface area contributed by atoms with E-state index in [2.05, 4.69) is 18.4 Å². The van der Waals surface area contributed by atoms with Gasteiger partial charge in [0.05, 0.1) is 0 Å². The summed E-state index contributed by atoms with van der Waals surface area (Å²) in [7, 11) is 0. The largest absolute Gasteiger partial charge is 0.323 e. The Morgan fingerprint density at radius 1 is 1.43 bits per heavy atom. The minimum Gasteiger partial charge on any atom is -0.323 e. The quantitative estimate of drug-likeness (QED) is 0.789. The number of aryl methyl sites for hydroxylation is 1. The molecule has 0 saturated heterocycles. The second kappa shape index (κ2) is 5.52. The number of rotatable bonds is 2. The highest BCUT2D eigenvalue weighted by Crippen LogP contribution is 2.37. The first-order valence-corrected chi connectivity index (χ1v) is 6.46. The fourth-order valence-electron chi connectivity index (χ4n) is 1.66. The molecule has 1 nitrogen and oxygen atoms in total. The van der Waals surface area contributed by atoms with Crippen LogP contribution in [0.25, 0.3) is 0 Å². The van der Waals surface area contributed by atoms with E-state index in [1.165, 1.54) is 29.7 Å². The molecule has 0 aromatic carbocycles. The van der Waals surface area contributed by atoms with Crippen molar-refractivity contribution in [1.29, 1.82) is 0 Å². The van der Waals surface area contributed by atoms with Crippen LogP contribution in [-0.2, 0) is 0 Å². The first-order chi connectivity index (χ1) is 6.77. The van der Waals surface area contributed by atoms with Gasteiger partial charge in [-0.1, -0.05) is 20.3 Å². The Kier molecular flexibility index (Phi) is 4.63. The zero-order valence-corrected chi connectivity index (χ0v) is 10.2. The summed E-state index contributed by atoms with van der Waals surface area (Å²) in [6.07, 6.45) is 4.04. The number of hydrogen-bond acceptors (Lipinski definition) is 2. The van der Waals surface area contributed by atoms with E-state index in [0.29, 0.717) is 6.04 Å². The average Bonchev–Trinajstić information content (AvgIpc) is 2.52. The molecule has 1 aromatic rings. The van der Waals surface area contributed by atoms with Gasteiger partial charge in [-0.05, 0) is 42.7 Å². The third-order valence-electron chi connectivity index (χ3n) is 2.74. The summed E-state index contributed by atoms with van der Waals surface area (Å²) >= 11 is 1.81. The third kappa shape index (κ3) is 2.58. The number of nitrogens with two attached hydrogens (primary N) is 1. The summed E-state index contributed by atoms with van der Waals surface area (Å²) in [5, 5.41) is 2.19. The molecule has 1 aromatic heterocycles. The lowest BCUT2D eigenvalue weighted by Gasteiger charge is -2.30. The van der Waals surface area contributed by atoms with Gasteiger partial charge in [0.15, 0.2) is 0 Å². The third-order valence-corrected chi connectivity index (χ3v) is 3.89. The Labute approximate surface area is 91.3 Å². The van der Waals surface area contributed by atoms with Gasteiger partial charge in [-0.3, -0.25) is 0 Å². The van der Waals surface area contributed by atoms with Crippen LogP contribution in [0.2, 0.25) is 0 Å². The molecule has 1 unspecified atom stereocenters. The second-order valence-corrected chi connectivity index (χ2v) is 4.69. The summed E-state index contributed by atoms with van der Waals surface area (Å²) in [6, 6.07) is 2.55. The smallest absolute Gasteiger partial charge is 0.0418 e.